The Kier molecular flexibility index (Phi) is 5.78. The smallest absolute Gasteiger partial charge is 0.259 e. The molecule has 126 valence electrons. The highest BCUT2D eigenvalue weighted by Crippen LogP contribution is 2.26. The van der Waals surface area contributed by atoms with Crippen LogP contribution in [0.1, 0.15) is 34.6 Å². The Bertz CT molecular complexity index is 726. The van der Waals surface area contributed by atoms with Crippen molar-refractivity contribution < 1.29 is 19.1 Å². The molecule has 6 heteroatoms. The summed E-state index contributed by atoms with van der Waals surface area (Å²) in [7, 11) is 0. The lowest BCUT2D eigenvalue weighted by Gasteiger charge is -2.13. The van der Waals surface area contributed by atoms with Crippen LogP contribution in [-0.4, -0.2) is 25.0 Å². The van der Waals surface area contributed by atoms with Gasteiger partial charge in [-0.3, -0.25) is 9.59 Å². The first kappa shape index (κ1) is 17.3. The van der Waals surface area contributed by atoms with Crippen molar-refractivity contribution in [2.45, 2.75) is 13.8 Å². The van der Waals surface area contributed by atoms with E-state index in [9.17, 15) is 9.59 Å². The van der Waals surface area contributed by atoms with Crippen LogP contribution in [0.5, 0.6) is 11.5 Å². The summed E-state index contributed by atoms with van der Waals surface area (Å²) < 4.78 is 11.0. The van der Waals surface area contributed by atoms with Crippen molar-refractivity contribution in [2.24, 2.45) is 5.73 Å². The number of hydrogen-bond acceptors (Lipinski definition) is 4. The minimum absolute atomic E-state index is 0.312. The Hall–Kier alpha value is -3.02. The first-order valence-corrected chi connectivity index (χ1v) is 7.66. The molecule has 6 nitrogen and oxygen atoms in total. The van der Waals surface area contributed by atoms with Gasteiger partial charge in [-0.1, -0.05) is 0 Å². The van der Waals surface area contributed by atoms with Crippen LogP contribution in [0.4, 0.5) is 5.69 Å². The highest BCUT2D eigenvalue weighted by molar-refractivity contribution is 6.06. The molecule has 0 heterocycles. The van der Waals surface area contributed by atoms with Crippen LogP contribution in [0.25, 0.3) is 0 Å². The van der Waals surface area contributed by atoms with E-state index in [1.807, 2.05) is 13.8 Å². The monoisotopic (exact) mass is 328 g/mol. The normalized spacial score (nSPS) is 10.1. The molecule has 3 N–H and O–H groups in total. The largest absolute Gasteiger partial charge is 0.494 e. The van der Waals surface area contributed by atoms with E-state index in [1.54, 1.807) is 42.5 Å². The van der Waals surface area contributed by atoms with E-state index in [-0.39, 0.29) is 5.91 Å². The minimum atomic E-state index is -0.516. The van der Waals surface area contributed by atoms with Crippen molar-refractivity contribution in [1.29, 1.82) is 0 Å². The molecule has 0 aliphatic heterocycles. The second-order valence-corrected chi connectivity index (χ2v) is 4.92. The molecule has 0 saturated carbocycles. The summed E-state index contributed by atoms with van der Waals surface area (Å²) in [4.78, 5) is 23.5. The van der Waals surface area contributed by atoms with Crippen molar-refractivity contribution in [3.05, 3.63) is 53.6 Å². The fourth-order valence-corrected chi connectivity index (χ4v) is 2.14. The Morgan fingerprint density at radius 3 is 2.25 bits per heavy atom. The van der Waals surface area contributed by atoms with Gasteiger partial charge in [0, 0.05) is 17.3 Å². The zero-order valence-electron chi connectivity index (χ0n) is 13.7. The Balaban J connectivity index is 2.20. The van der Waals surface area contributed by atoms with Crippen molar-refractivity contribution in [2.75, 3.05) is 18.5 Å². The lowest BCUT2D eigenvalue weighted by molar-refractivity contribution is 0.0997. The van der Waals surface area contributed by atoms with E-state index in [1.165, 1.54) is 0 Å². The van der Waals surface area contributed by atoms with Gasteiger partial charge in [0.15, 0.2) is 0 Å². The van der Waals surface area contributed by atoms with Crippen LogP contribution in [-0.2, 0) is 0 Å². The van der Waals surface area contributed by atoms with Crippen LogP contribution >= 0.6 is 0 Å². The van der Waals surface area contributed by atoms with Crippen molar-refractivity contribution in [3.8, 4) is 11.5 Å². The molecule has 0 radical (unpaired) electrons. The Morgan fingerprint density at radius 2 is 1.67 bits per heavy atom. The highest BCUT2D eigenvalue weighted by Gasteiger charge is 2.14. The van der Waals surface area contributed by atoms with E-state index in [2.05, 4.69) is 5.32 Å². The van der Waals surface area contributed by atoms with E-state index >= 15 is 0 Å². The first-order valence-electron chi connectivity index (χ1n) is 7.66. The van der Waals surface area contributed by atoms with Crippen molar-refractivity contribution in [1.82, 2.24) is 0 Å². The molecular formula is C18H20N2O4. The summed E-state index contributed by atoms with van der Waals surface area (Å²) in [6.45, 7) is 4.70. The van der Waals surface area contributed by atoms with Crippen LogP contribution in [0.15, 0.2) is 42.5 Å². The molecule has 0 unspecified atom stereocenters. The number of rotatable bonds is 7. The van der Waals surface area contributed by atoms with E-state index < -0.39 is 5.91 Å². The molecule has 2 rings (SSSR count). The van der Waals surface area contributed by atoms with E-state index in [0.29, 0.717) is 41.5 Å². The molecule has 2 aromatic carbocycles. The molecule has 0 aliphatic rings. The summed E-state index contributed by atoms with van der Waals surface area (Å²) in [5.41, 5.74) is 6.53. The quantitative estimate of drug-likeness (QED) is 0.817. The summed E-state index contributed by atoms with van der Waals surface area (Å²) in [6.07, 6.45) is 0. The number of nitrogens with two attached hydrogens (primary N) is 1. The third-order valence-corrected chi connectivity index (χ3v) is 3.24. The molecule has 2 aromatic rings. The van der Waals surface area contributed by atoms with Crippen LogP contribution in [0, 0.1) is 0 Å². The molecule has 24 heavy (non-hydrogen) atoms. The number of amides is 2. The van der Waals surface area contributed by atoms with E-state index in [4.69, 9.17) is 15.2 Å². The summed E-state index contributed by atoms with van der Waals surface area (Å²) in [5.74, 6) is 0.268. The topological polar surface area (TPSA) is 90.6 Å². The third kappa shape index (κ3) is 4.25. The second-order valence-electron chi connectivity index (χ2n) is 4.92. The molecule has 0 atom stereocenters. The number of carbonyl (C=O) groups is 2. The maximum atomic E-state index is 12.5. The van der Waals surface area contributed by atoms with Gasteiger partial charge in [0.05, 0.1) is 18.8 Å². The fraction of sp³-hybridized carbons (Fsp3) is 0.222. The number of primary amides is 1. The summed E-state index contributed by atoms with van der Waals surface area (Å²) in [6, 6.07) is 11.4. The van der Waals surface area contributed by atoms with Crippen LogP contribution < -0.4 is 20.5 Å². The van der Waals surface area contributed by atoms with Crippen molar-refractivity contribution >= 4 is 17.5 Å². The van der Waals surface area contributed by atoms with Gasteiger partial charge >= 0.3 is 0 Å². The lowest BCUT2D eigenvalue weighted by Crippen LogP contribution is -2.14. The van der Waals surface area contributed by atoms with Gasteiger partial charge in [-0.05, 0) is 50.2 Å². The zero-order chi connectivity index (χ0) is 17.5. The molecular weight excluding hydrogens is 308 g/mol. The number of benzene rings is 2. The average Bonchev–Trinajstić information content (AvgIpc) is 2.56. The average molecular weight is 328 g/mol. The van der Waals surface area contributed by atoms with Gasteiger partial charge in [-0.2, -0.15) is 0 Å². The standard InChI is InChI=1S/C18H20N2O4/c1-3-23-14-9-10-15(16(11-14)24-4-2)18(22)20-13-7-5-12(6-8-13)17(19)21/h5-11H,3-4H2,1-2H3,(H2,19,21)(H,20,22). The molecule has 0 fully saturated rings. The lowest BCUT2D eigenvalue weighted by atomic mass is 10.1. The van der Waals surface area contributed by atoms with Gasteiger partial charge in [-0.15, -0.1) is 0 Å². The number of anilines is 1. The maximum absolute atomic E-state index is 12.5. The van der Waals surface area contributed by atoms with Gasteiger partial charge in [0.2, 0.25) is 5.91 Å². The van der Waals surface area contributed by atoms with Crippen LogP contribution in [0.3, 0.4) is 0 Å². The predicted molar refractivity (Wildman–Crippen MR) is 91.7 cm³/mol. The van der Waals surface area contributed by atoms with Gasteiger partial charge in [0.25, 0.3) is 5.91 Å². The molecule has 0 spiro atoms. The molecule has 0 saturated heterocycles. The Morgan fingerprint density at radius 1 is 1.00 bits per heavy atom. The predicted octanol–water partition coefficient (Wildman–Crippen LogP) is 2.84. The second kappa shape index (κ2) is 8.01. The Labute approximate surface area is 140 Å². The van der Waals surface area contributed by atoms with E-state index in [0.717, 1.165) is 0 Å². The maximum Gasteiger partial charge on any atom is 0.259 e. The molecule has 2 amide bonds. The summed E-state index contributed by atoms with van der Waals surface area (Å²) >= 11 is 0. The number of hydrogen-bond donors (Lipinski definition) is 2. The fourth-order valence-electron chi connectivity index (χ4n) is 2.14. The minimum Gasteiger partial charge on any atom is -0.494 e. The van der Waals surface area contributed by atoms with Gasteiger partial charge < -0.3 is 20.5 Å². The number of ether oxygens (including phenoxy) is 2. The highest BCUT2D eigenvalue weighted by atomic mass is 16.5. The zero-order valence-corrected chi connectivity index (χ0v) is 13.7. The molecule has 0 aromatic heterocycles. The van der Waals surface area contributed by atoms with Crippen LogP contribution in [0.2, 0.25) is 0 Å². The SMILES string of the molecule is CCOc1ccc(C(=O)Nc2ccc(C(N)=O)cc2)c(OCC)c1. The summed E-state index contributed by atoms with van der Waals surface area (Å²) in [5, 5.41) is 2.76. The third-order valence-electron chi connectivity index (χ3n) is 3.24. The first-order chi connectivity index (χ1) is 11.5. The number of nitrogens with one attached hydrogen (secondary N) is 1. The van der Waals surface area contributed by atoms with Gasteiger partial charge in [0.1, 0.15) is 11.5 Å². The number of carbonyl (C=O) groups excluding carboxylic acids is 2. The van der Waals surface area contributed by atoms with Gasteiger partial charge in [-0.25, -0.2) is 0 Å². The molecule has 0 aliphatic carbocycles. The molecule has 0 bridgehead atoms. The van der Waals surface area contributed by atoms with Crippen molar-refractivity contribution in [3.63, 3.8) is 0 Å².